The highest BCUT2D eigenvalue weighted by molar-refractivity contribution is 9.10. The van der Waals surface area contributed by atoms with E-state index in [2.05, 4.69) is 50.1 Å². The number of halogens is 1. The van der Waals surface area contributed by atoms with Crippen molar-refractivity contribution in [1.82, 2.24) is 5.32 Å². The number of ether oxygens (including phenoxy) is 1. The highest BCUT2D eigenvalue weighted by atomic mass is 79.9. The molecule has 0 unspecified atom stereocenters. The Morgan fingerprint density at radius 3 is 2.29 bits per heavy atom. The van der Waals surface area contributed by atoms with Gasteiger partial charge < -0.3 is 20.7 Å². The van der Waals surface area contributed by atoms with E-state index in [0.717, 1.165) is 33.6 Å². The van der Waals surface area contributed by atoms with Crippen LogP contribution in [0.3, 0.4) is 0 Å². The van der Waals surface area contributed by atoms with Gasteiger partial charge in [-0.25, -0.2) is 4.79 Å². The molecule has 0 aromatic heterocycles. The zero-order chi connectivity index (χ0) is 22.3. The molecule has 3 N–H and O–H groups in total. The van der Waals surface area contributed by atoms with Crippen molar-refractivity contribution in [3.05, 3.63) is 88.4 Å². The van der Waals surface area contributed by atoms with Crippen LogP contribution in [0.15, 0.2) is 77.3 Å². The van der Waals surface area contributed by atoms with Crippen molar-refractivity contribution in [3.8, 4) is 0 Å². The average Bonchev–Trinajstić information content (AvgIpc) is 2.72. The van der Waals surface area contributed by atoms with Crippen molar-refractivity contribution in [2.45, 2.75) is 39.5 Å². The predicted octanol–water partition coefficient (Wildman–Crippen LogP) is 6.83. The van der Waals surface area contributed by atoms with E-state index < -0.39 is 11.7 Å². The molecule has 0 aliphatic rings. The predicted molar refractivity (Wildman–Crippen MR) is 131 cm³/mol. The Kier molecular flexibility index (Phi) is 7.58. The fourth-order valence-electron chi connectivity index (χ4n) is 2.95. The van der Waals surface area contributed by atoms with Gasteiger partial charge in [0.15, 0.2) is 0 Å². The van der Waals surface area contributed by atoms with E-state index in [-0.39, 0.29) is 0 Å². The fourth-order valence-corrected chi connectivity index (χ4v) is 3.21. The lowest BCUT2D eigenvalue weighted by atomic mass is 10.1. The number of para-hydroxylation sites is 2. The molecule has 0 atom stereocenters. The van der Waals surface area contributed by atoms with Gasteiger partial charge >= 0.3 is 6.09 Å². The summed E-state index contributed by atoms with van der Waals surface area (Å²) in [6.45, 7) is 6.66. The van der Waals surface area contributed by atoms with Crippen LogP contribution in [0.5, 0.6) is 0 Å². The van der Waals surface area contributed by atoms with Crippen LogP contribution in [0.2, 0.25) is 0 Å². The molecule has 0 heterocycles. The summed E-state index contributed by atoms with van der Waals surface area (Å²) in [6, 6.07) is 24.3. The molecular weight excluding hydrogens is 454 g/mol. The number of carbonyl (C=O) groups is 1. The number of carbonyl (C=O) groups excluding carboxylic acids is 1. The van der Waals surface area contributed by atoms with Crippen LogP contribution in [-0.2, 0) is 17.8 Å². The molecule has 6 heteroatoms. The van der Waals surface area contributed by atoms with E-state index in [1.807, 2.05) is 75.4 Å². The van der Waals surface area contributed by atoms with Gasteiger partial charge in [0.1, 0.15) is 5.60 Å². The van der Waals surface area contributed by atoms with Gasteiger partial charge in [-0.3, -0.25) is 0 Å². The van der Waals surface area contributed by atoms with E-state index >= 15 is 0 Å². The second-order valence-corrected chi connectivity index (χ2v) is 9.12. The summed E-state index contributed by atoms with van der Waals surface area (Å²) in [4.78, 5) is 11.9. The van der Waals surface area contributed by atoms with Crippen LogP contribution >= 0.6 is 15.9 Å². The van der Waals surface area contributed by atoms with Crippen LogP contribution in [0, 0.1) is 0 Å². The summed E-state index contributed by atoms with van der Waals surface area (Å²) in [5, 5.41) is 9.76. The first kappa shape index (κ1) is 22.7. The molecule has 0 fully saturated rings. The van der Waals surface area contributed by atoms with Crippen LogP contribution in [-0.4, -0.2) is 11.7 Å². The Bertz CT molecular complexity index is 1010. The Hall–Kier alpha value is -2.99. The molecule has 162 valence electrons. The molecule has 0 bridgehead atoms. The van der Waals surface area contributed by atoms with Gasteiger partial charge in [-0.2, -0.15) is 0 Å². The lowest BCUT2D eigenvalue weighted by Crippen LogP contribution is -2.32. The number of nitrogens with one attached hydrogen (secondary N) is 3. The van der Waals surface area contributed by atoms with Crippen LogP contribution in [0.4, 0.5) is 21.9 Å². The second-order valence-electron chi connectivity index (χ2n) is 8.21. The Balaban J connectivity index is 1.63. The van der Waals surface area contributed by atoms with Crippen molar-refractivity contribution < 1.29 is 9.53 Å². The van der Waals surface area contributed by atoms with E-state index in [4.69, 9.17) is 4.74 Å². The molecule has 0 saturated carbocycles. The van der Waals surface area contributed by atoms with Gasteiger partial charge in [0, 0.05) is 23.2 Å². The fraction of sp³-hybridized carbons (Fsp3) is 0.240. The summed E-state index contributed by atoms with van der Waals surface area (Å²) in [5.74, 6) is 0. The normalized spacial score (nSPS) is 11.0. The van der Waals surface area contributed by atoms with Crippen LogP contribution < -0.4 is 16.0 Å². The third-order valence-corrected chi connectivity index (χ3v) is 4.89. The molecule has 0 radical (unpaired) electrons. The standard InChI is InChI=1S/C25H28BrN3O2/c1-25(2,3)31-24(30)28-17-19-7-6-8-21(15-19)29-23-10-5-4-9-22(23)27-16-18-11-13-20(26)14-12-18/h4-15,27,29H,16-17H2,1-3H3,(H,28,30). The monoisotopic (exact) mass is 481 g/mol. The molecule has 5 nitrogen and oxygen atoms in total. The Labute approximate surface area is 192 Å². The summed E-state index contributed by atoms with van der Waals surface area (Å²) in [6.07, 6.45) is -0.423. The largest absolute Gasteiger partial charge is 0.444 e. The number of amides is 1. The second kappa shape index (κ2) is 10.4. The highest BCUT2D eigenvalue weighted by Crippen LogP contribution is 2.26. The van der Waals surface area contributed by atoms with Gasteiger partial charge in [0.05, 0.1) is 11.4 Å². The van der Waals surface area contributed by atoms with Gasteiger partial charge in [-0.1, -0.05) is 52.3 Å². The van der Waals surface area contributed by atoms with Gasteiger partial charge in [-0.15, -0.1) is 0 Å². The SMILES string of the molecule is CC(C)(C)OC(=O)NCc1cccc(Nc2ccccc2NCc2ccc(Br)cc2)c1. The molecular formula is C25H28BrN3O2. The van der Waals surface area contributed by atoms with Crippen LogP contribution in [0.25, 0.3) is 0 Å². The molecule has 1 amide bonds. The molecule has 0 aliphatic carbocycles. The molecule has 3 aromatic rings. The third-order valence-electron chi connectivity index (χ3n) is 4.37. The minimum absolute atomic E-state index is 0.397. The lowest BCUT2D eigenvalue weighted by molar-refractivity contribution is 0.0523. The maximum atomic E-state index is 11.9. The summed E-state index contributed by atoms with van der Waals surface area (Å²) >= 11 is 3.47. The Morgan fingerprint density at radius 2 is 1.58 bits per heavy atom. The van der Waals surface area contributed by atoms with Crippen molar-refractivity contribution >= 4 is 39.1 Å². The molecule has 3 rings (SSSR count). The third kappa shape index (κ3) is 7.64. The van der Waals surface area contributed by atoms with Crippen LogP contribution in [0.1, 0.15) is 31.9 Å². The number of hydrogen-bond donors (Lipinski definition) is 3. The lowest BCUT2D eigenvalue weighted by Gasteiger charge is -2.19. The smallest absolute Gasteiger partial charge is 0.407 e. The van der Waals surface area contributed by atoms with E-state index in [1.165, 1.54) is 5.56 Å². The van der Waals surface area contributed by atoms with E-state index in [1.54, 1.807) is 0 Å². The van der Waals surface area contributed by atoms with Gasteiger partial charge in [0.25, 0.3) is 0 Å². The quantitative estimate of drug-likeness (QED) is 0.346. The van der Waals surface area contributed by atoms with Crippen molar-refractivity contribution in [2.24, 2.45) is 0 Å². The number of rotatable bonds is 7. The van der Waals surface area contributed by atoms with E-state index in [9.17, 15) is 4.79 Å². The Morgan fingerprint density at radius 1 is 0.871 bits per heavy atom. The zero-order valence-electron chi connectivity index (χ0n) is 18.0. The van der Waals surface area contributed by atoms with Crippen molar-refractivity contribution in [2.75, 3.05) is 10.6 Å². The van der Waals surface area contributed by atoms with E-state index in [0.29, 0.717) is 6.54 Å². The first-order valence-electron chi connectivity index (χ1n) is 10.2. The summed E-state index contributed by atoms with van der Waals surface area (Å²) < 4.78 is 6.36. The number of hydrogen-bond acceptors (Lipinski definition) is 4. The number of benzene rings is 3. The molecule has 0 spiro atoms. The number of alkyl carbamates (subject to hydrolysis) is 1. The topological polar surface area (TPSA) is 62.4 Å². The van der Waals surface area contributed by atoms with Crippen molar-refractivity contribution in [1.29, 1.82) is 0 Å². The molecule has 31 heavy (non-hydrogen) atoms. The molecule has 3 aromatic carbocycles. The molecule has 0 aliphatic heterocycles. The maximum Gasteiger partial charge on any atom is 0.407 e. The maximum absolute atomic E-state index is 11.9. The first-order valence-corrected chi connectivity index (χ1v) is 11.0. The van der Waals surface area contributed by atoms with Gasteiger partial charge in [-0.05, 0) is 68.3 Å². The average molecular weight is 482 g/mol. The molecule has 0 saturated heterocycles. The minimum atomic E-state index is -0.513. The van der Waals surface area contributed by atoms with Crippen molar-refractivity contribution in [3.63, 3.8) is 0 Å². The summed E-state index contributed by atoms with van der Waals surface area (Å²) in [7, 11) is 0. The summed E-state index contributed by atoms with van der Waals surface area (Å²) in [5.41, 5.74) is 4.62. The zero-order valence-corrected chi connectivity index (χ0v) is 19.6. The van der Waals surface area contributed by atoms with Gasteiger partial charge in [0.2, 0.25) is 0 Å². The first-order chi connectivity index (χ1) is 14.8. The number of anilines is 3. The highest BCUT2D eigenvalue weighted by Gasteiger charge is 2.15. The minimum Gasteiger partial charge on any atom is -0.444 e.